The van der Waals surface area contributed by atoms with Crippen molar-refractivity contribution in [3.8, 4) is 0 Å². The highest BCUT2D eigenvalue weighted by atomic mass is 35.5. The third kappa shape index (κ3) is 4.18. The van der Waals surface area contributed by atoms with Gasteiger partial charge in [0.25, 0.3) is 5.91 Å². The third-order valence-electron chi connectivity index (χ3n) is 3.74. The van der Waals surface area contributed by atoms with Gasteiger partial charge in [0.15, 0.2) is 5.13 Å². The minimum Gasteiger partial charge on any atom is -0.331 e. The molecule has 2 aromatic carbocycles. The Morgan fingerprint density at radius 2 is 1.88 bits per heavy atom. The fraction of sp³-hybridized carbons (Fsp3) is 0.158. The second-order valence-corrected chi connectivity index (χ2v) is 6.97. The van der Waals surface area contributed by atoms with Crippen LogP contribution in [0.4, 0.5) is 16.5 Å². The van der Waals surface area contributed by atoms with E-state index in [0.29, 0.717) is 26.4 Å². The average Bonchev–Trinajstić information content (AvgIpc) is 2.98. The van der Waals surface area contributed by atoms with Crippen LogP contribution in [0.1, 0.15) is 27.9 Å². The van der Waals surface area contributed by atoms with Crippen LogP contribution in [-0.4, -0.2) is 10.9 Å². The highest BCUT2D eigenvalue weighted by Gasteiger charge is 2.16. The largest absolute Gasteiger partial charge is 0.331 e. The number of amides is 1. The highest BCUT2D eigenvalue weighted by Crippen LogP contribution is 2.28. The van der Waals surface area contributed by atoms with Crippen molar-refractivity contribution < 1.29 is 4.79 Å². The first-order valence-electron chi connectivity index (χ1n) is 7.96. The van der Waals surface area contributed by atoms with Gasteiger partial charge in [0, 0.05) is 16.4 Å². The number of carbonyl (C=O) groups excluding carboxylic acids is 1. The number of rotatable bonds is 5. The van der Waals surface area contributed by atoms with Gasteiger partial charge >= 0.3 is 0 Å². The van der Waals surface area contributed by atoms with Crippen LogP contribution in [0.5, 0.6) is 0 Å². The molecule has 0 fully saturated rings. The molecular weight excluding hydrogens is 354 g/mol. The summed E-state index contributed by atoms with van der Waals surface area (Å²) in [5.41, 5.74) is 3.63. The van der Waals surface area contributed by atoms with Crippen LogP contribution in [0.2, 0.25) is 5.02 Å². The van der Waals surface area contributed by atoms with E-state index in [-0.39, 0.29) is 5.91 Å². The van der Waals surface area contributed by atoms with Gasteiger partial charge in [0.2, 0.25) is 0 Å². The number of benzene rings is 2. The fourth-order valence-electron chi connectivity index (χ4n) is 2.45. The van der Waals surface area contributed by atoms with E-state index in [0.717, 1.165) is 12.1 Å². The van der Waals surface area contributed by atoms with E-state index in [4.69, 9.17) is 11.6 Å². The standard InChI is InChI=1S/C19H18ClN3OS/c1-3-13-6-4-5-7-16(13)23-19-21-12(2)17(25-19)18(24)22-15-10-8-14(20)9-11-15/h4-11H,3H2,1-2H3,(H,21,23)(H,22,24). The molecule has 128 valence electrons. The second kappa shape index (κ2) is 7.68. The van der Waals surface area contributed by atoms with Gasteiger partial charge in [-0.25, -0.2) is 4.98 Å². The van der Waals surface area contributed by atoms with E-state index >= 15 is 0 Å². The maximum absolute atomic E-state index is 12.5. The van der Waals surface area contributed by atoms with E-state index in [9.17, 15) is 4.79 Å². The summed E-state index contributed by atoms with van der Waals surface area (Å²) < 4.78 is 0. The van der Waals surface area contributed by atoms with Crippen molar-refractivity contribution in [1.82, 2.24) is 4.98 Å². The normalized spacial score (nSPS) is 10.5. The predicted molar refractivity (Wildman–Crippen MR) is 105 cm³/mol. The second-order valence-electron chi connectivity index (χ2n) is 5.53. The van der Waals surface area contributed by atoms with Crippen LogP contribution in [-0.2, 0) is 6.42 Å². The van der Waals surface area contributed by atoms with Crippen molar-refractivity contribution in [2.75, 3.05) is 10.6 Å². The van der Waals surface area contributed by atoms with E-state index in [2.05, 4.69) is 28.6 Å². The number of nitrogens with zero attached hydrogens (tertiary/aromatic N) is 1. The quantitative estimate of drug-likeness (QED) is 0.608. The molecule has 6 heteroatoms. The Hall–Kier alpha value is -2.37. The zero-order chi connectivity index (χ0) is 17.8. The Morgan fingerprint density at radius 1 is 1.16 bits per heavy atom. The van der Waals surface area contributed by atoms with Gasteiger partial charge in [-0.2, -0.15) is 0 Å². The molecule has 0 aliphatic heterocycles. The molecule has 0 aliphatic carbocycles. The SMILES string of the molecule is CCc1ccccc1Nc1nc(C)c(C(=O)Nc2ccc(Cl)cc2)s1. The molecule has 1 amide bonds. The van der Waals surface area contributed by atoms with Gasteiger partial charge in [-0.05, 0) is 49.2 Å². The molecule has 0 atom stereocenters. The number of halogens is 1. The minimum atomic E-state index is -0.172. The summed E-state index contributed by atoms with van der Waals surface area (Å²) in [4.78, 5) is 17.6. The van der Waals surface area contributed by atoms with Crippen molar-refractivity contribution in [1.29, 1.82) is 0 Å². The lowest BCUT2D eigenvalue weighted by Gasteiger charge is -2.07. The molecule has 0 saturated carbocycles. The molecule has 4 nitrogen and oxygen atoms in total. The zero-order valence-electron chi connectivity index (χ0n) is 14.0. The first-order valence-corrected chi connectivity index (χ1v) is 9.15. The van der Waals surface area contributed by atoms with Gasteiger partial charge in [-0.1, -0.05) is 48.1 Å². The Bertz CT molecular complexity index is 890. The Balaban J connectivity index is 1.77. The molecule has 2 N–H and O–H groups in total. The fourth-order valence-corrected chi connectivity index (χ4v) is 3.45. The minimum absolute atomic E-state index is 0.172. The Kier molecular flexibility index (Phi) is 5.36. The van der Waals surface area contributed by atoms with Crippen molar-refractivity contribution in [2.24, 2.45) is 0 Å². The van der Waals surface area contributed by atoms with Gasteiger partial charge in [-0.15, -0.1) is 0 Å². The smallest absolute Gasteiger partial charge is 0.267 e. The number of aromatic nitrogens is 1. The summed E-state index contributed by atoms with van der Waals surface area (Å²) in [7, 11) is 0. The number of carbonyl (C=O) groups is 1. The van der Waals surface area contributed by atoms with Crippen molar-refractivity contribution >= 4 is 45.4 Å². The van der Waals surface area contributed by atoms with Gasteiger partial charge in [-0.3, -0.25) is 4.79 Å². The molecular formula is C19H18ClN3OS. The van der Waals surface area contributed by atoms with Crippen LogP contribution in [0.25, 0.3) is 0 Å². The summed E-state index contributed by atoms with van der Waals surface area (Å²) in [6.45, 7) is 3.95. The zero-order valence-corrected chi connectivity index (χ0v) is 15.5. The van der Waals surface area contributed by atoms with Crippen LogP contribution >= 0.6 is 22.9 Å². The van der Waals surface area contributed by atoms with E-state index < -0.39 is 0 Å². The molecule has 3 rings (SSSR count). The molecule has 0 saturated heterocycles. The third-order valence-corrected chi connectivity index (χ3v) is 5.07. The lowest BCUT2D eigenvalue weighted by molar-refractivity contribution is 0.103. The molecule has 25 heavy (non-hydrogen) atoms. The lowest BCUT2D eigenvalue weighted by Crippen LogP contribution is -2.11. The topological polar surface area (TPSA) is 54.0 Å². The van der Waals surface area contributed by atoms with E-state index in [1.165, 1.54) is 16.9 Å². The lowest BCUT2D eigenvalue weighted by atomic mass is 10.1. The number of para-hydroxylation sites is 1. The van der Waals surface area contributed by atoms with Crippen LogP contribution in [0, 0.1) is 6.92 Å². The molecule has 1 aromatic heterocycles. The number of aryl methyl sites for hydroxylation is 2. The summed E-state index contributed by atoms with van der Waals surface area (Å²) in [5.74, 6) is -0.172. The number of hydrogen-bond donors (Lipinski definition) is 2. The van der Waals surface area contributed by atoms with Crippen molar-refractivity contribution in [2.45, 2.75) is 20.3 Å². The van der Waals surface area contributed by atoms with Crippen LogP contribution in [0.3, 0.4) is 0 Å². The van der Waals surface area contributed by atoms with Gasteiger partial charge < -0.3 is 10.6 Å². The maximum Gasteiger partial charge on any atom is 0.267 e. The Labute approximate surface area is 155 Å². The predicted octanol–water partition coefficient (Wildman–Crippen LogP) is 5.66. The monoisotopic (exact) mass is 371 g/mol. The maximum atomic E-state index is 12.5. The summed E-state index contributed by atoms with van der Waals surface area (Å²) in [6.07, 6.45) is 0.928. The molecule has 3 aromatic rings. The molecule has 0 radical (unpaired) electrons. The van der Waals surface area contributed by atoms with E-state index in [1.807, 2.05) is 25.1 Å². The molecule has 0 unspecified atom stereocenters. The number of anilines is 3. The first kappa shape index (κ1) is 17.5. The summed E-state index contributed by atoms with van der Waals surface area (Å²) >= 11 is 7.21. The van der Waals surface area contributed by atoms with Crippen molar-refractivity contribution in [3.05, 3.63) is 69.7 Å². The summed E-state index contributed by atoms with van der Waals surface area (Å²) in [5, 5.41) is 7.53. The van der Waals surface area contributed by atoms with Crippen LogP contribution in [0.15, 0.2) is 48.5 Å². The molecule has 0 spiro atoms. The highest BCUT2D eigenvalue weighted by molar-refractivity contribution is 7.17. The average molecular weight is 372 g/mol. The number of hydrogen-bond acceptors (Lipinski definition) is 4. The molecule has 1 heterocycles. The van der Waals surface area contributed by atoms with Gasteiger partial charge in [0.1, 0.15) is 4.88 Å². The first-order chi connectivity index (χ1) is 12.1. The molecule has 0 aliphatic rings. The number of nitrogens with one attached hydrogen (secondary N) is 2. The number of thiazole rings is 1. The van der Waals surface area contributed by atoms with Crippen LogP contribution < -0.4 is 10.6 Å². The van der Waals surface area contributed by atoms with Gasteiger partial charge in [0.05, 0.1) is 5.69 Å². The molecule has 0 bridgehead atoms. The van der Waals surface area contributed by atoms with Crippen molar-refractivity contribution in [3.63, 3.8) is 0 Å². The van der Waals surface area contributed by atoms with E-state index in [1.54, 1.807) is 24.3 Å². The Morgan fingerprint density at radius 3 is 2.60 bits per heavy atom. The summed E-state index contributed by atoms with van der Waals surface area (Å²) in [6, 6.07) is 15.1.